The molecule has 0 aliphatic heterocycles. The van der Waals surface area contributed by atoms with E-state index in [2.05, 4.69) is 13.8 Å². The lowest BCUT2D eigenvalue weighted by atomic mass is 9.68. The van der Waals surface area contributed by atoms with Gasteiger partial charge in [0.25, 0.3) is 0 Å². The van der Waals surface area contributed by atoms with E-state index in [0.717, 1.165) is 5.92 Å². The number of hydrogen-bond donors (Lipinski definition) is 1. The minimum absolute atomic E-state index is 0.305. The highest BCUT2D eigenvalue weighted by molar-refractivity contribution is 4.84. The summed E-state index contributed by atoms with van der Waals surface area (Å²) in [4.78, 5) is 0. The SMILES string of the molecule is CCCC1CCC(CO)(CCC)CC1. The molecule has 0 amide bonds. The molecule has 0 radical (unpaired) electrons. The summed E-state index contributed by atoms with van der Waals surface area (Å²) in [5.74, 6) is 0.955. The first kappa shape index (κ1) is 12.0. The van der Waals surface area contributed by atoms with Gasteiger partial charge in [-0.05, 0) is 43.4 Å². The summed E-state index contributed by atoms with van der Waals surface area (Å²) in [5.41, 5.74) is 0.305. The van der Waals surface area contributed by atoms with E-state index < -0.39 is 0 Å². The first-order valence-corrected chi connectivity index (χ1v) is 6.37. The molecule has 0 unspecified atom stereocenters. The lowest BCUT2D eigenvalue weighted by Crippen LogP contribution is -2.31. The van der Waals surface area contributed by atoms with Gasteiger partial charge in [-0.2, -0.15) is 0 Å². The van der Waals surface area contributed by atoms with Gasteiger partial charge in [-0.1, -0.05) is 33.1 Å². The van der Waals surface area contributed by atoms with Crippen LogP contribution in [0.15, 0.2) is 0 Å². The van der Waals surface area contributed by atoms with E-state index in [1.165, 1.54) is 51.4 Å². The fourth-order valence-electron chi connectivity index (χ4n) is 3.00. The number of aliphatic hydroxyl groups excluding tert-OH is 1. The van der Waals surface area contributed by atoms with Gasteiger partial charge in [-0.3, -0.25) is 0 Å². The predicted octanol–water partition coefficient (Wildman–Crippen LogP) is 3.76. The van der Waals surface area contributed by atoms with Crippen LogP contribution in [0, 0.1) is 11.3 Å². The van der Waals surface area contributed by atoms with E-state index in [-0.39, 0.29) is 0 Å². The minimum atomic E-state index is 0.305. The zero-order chi connectivity index (χ0) is 10.4. The van der Waals surface area contributed by atoms with Crippen molar-refractivity contribution < 1.29 is 5.11 Å². The summed E-state index contributed by atoms with van der Waals surface area (Å²) in [6, 6.07) is 0. The van der Waals surface area contributed by atoms with Crippen molar-refractivity contribution in [2.75, 3.05) is 6.61 Å². The molecule has 1 aliphatic rings. The first-order chi connectivity index (χ1) is 6.76. The Hall–Kier alpha value is -0.0400. The maximum atomic E-state index is 9.49. The van der Waals surface area contributed by atoms with Crippen molar-refractivity contribution in [2.24, 2.45) is 11.3 Å². The van der Waals surface area contributed by atoms with E-state index in [1.54, 1.807) is 0 Å². The van der Waals surface area contributed by atoms with Crippen molar-refractivity contribution in [1.82, 2.24) is 0 Å². The van der Waals surface area contributed by atoms with Gasteiger partial charge in [0, 0.05) is 6.61 Å². The average Bonchev–Trinajstić information content (AvgIpc) is 2.22. The zero-order valence-corrected chi connectivity index (χ0v) is 9.89. The van der Waals surface area contributed by atoms with Gasteiger partial charge in [0.15, 0.2) is 0 Å². The minimum Gasteiger partial charge on any atom is -0.396 e. The third-order valence-corrected chi connectivity index (χ3v) is 3.98. The third kappa shape index (κ3) is 2.98. The summed E-state index contributed by atoms with van der Waals surface area (Å²) in [6.45, 7) is 4.93. The monoisotopic (exact) mass is 198 g/mol. The lowest BCUT2D eigenvalue weighted by Gasteiger charge is -2.39. The molecule has 1 N–H and O–H groups in total. The highest BCUT2D eigenvalue weighted by Gasteiger charge is 2.33. The van der Waals surface area contributed by atoms with Gasteiger partial charge in [-0.15, -0.1) is 0 Å². The Morgan fingerprint density at radius 3 is 2.21 bits per heavy atom. The molecule has 1 nitrogen and oxygen atoms in total. The molecule has 1 heteroatoms. The molecular weight excluding hydrogens is 172 g/mol. The Balaban J connectivity index is 2.38. The van der Waals surface area contributed by atoms with Crippen molar-refractivity contribution >= 4 is 0 Å². The van der Waals surface area contributed by atoms with Crippen LogP contribution in [0.25, 0.3) is 0 Å². The maximum Gasteiger partial charge on any atom is 0.0487 e. The van der Waals surface area contributed by atoms with Crippen LogP contribution >= 0.6 is 0 Å². The molecule has 0 aromatic rings. The van der Waals surface area contributed by atoms with Crippen LogP contribution in [0.5, 0.6) is 0 Å². The summed E-state index contributed by atoms with van der Waals surface area (Å²) in [5, 5.41) is 9.49. The molecule has 84 valence electrons. The molecule has 0 saturated heterocycles. The van der Waals surface area contributed by atoms with Gasteiger partial charge >= 0.3 is 0 Å². The molecule has 0 bridgehead atoms. The molecule has 0 spiro atoms. The van der Waals surface area contributed by atoms with E-state index in [9.17, 15) is 5.11 Å². The number of rotatable bonds is 5. The van der Waals surface area contributed by atoms with Gasteiger partial charge in [-0.25, -0.2) is 0 Å². The van der Waals surface area contributed by atoms with Crippen molar-refractivity contribution in [2.45, 2.75) is 65.2 Å². The number of hydrogen-bond acceptors (Lipinski definition) is 1. The standard InChI is InChI=1S/C13H26O/c1-3-5-12-6-9-13(11-14,8-4-2)10-7-12/h12,14H,3-11H2,1-2H3. The van der Waals surface area contributed by atoms with E-state index in [0.29, 0.717) is 12.0 Å². The van der Waals surface area contributed by atoms with Gasteiger partial charge in [0.2, 0.25) is 0 Å². The smallest absolute Gasteiger partial charge is 0.0487 e. The van der Waals surface area contributed by atoms with Crippen LogP contribution in [-0.2, 0) is 0 Å². The quantitative estimate of drug-likeness (QED) is 0.713. The average molecular weight is 198 g/mol. The Morgan fingerprint density at radius 1 is 1.14 bits per heavy atom. The number of aliphatic hydroxyl groups is 1. The molecular formula is C13H26O. The second-order valence-electron chi connectivity index (χ2n) is 5.14. The fourth-order valence-corrected chi connectivity index (χ4v) is 3.00. The Kier molecular flexibility index (Phi) is 4.94. The fraction of sp³-hybridized carbons (Fsp3) is 1.00. The molecule has 0 atom stereocenters. The molecule has 1 aliphatic carbocycles. The maximum absolute atomic E-state index is 9.49. The van der Waals surface area contributed by atoms with Crippen molar-refractivity contribution in [1.29, 1.82) is 0 Å². The summed E-state index contributed by atoms with van der Waals surface area (Å²) >= 11 is 0. The van der Waals surface area contributed by atoms with E-state index >= 15 is 0 Å². The third-order valence-electron chi connectivity index (χ3n) is 3.98. The van der Waals surface area contributed by atoms with Crippen LogP contribution in [0.1, 0.15) is 65.2 Å². The Bertz CT molecular complexity index is 145. The lowest BCUT2D eigenvalue weighted by molar-refractivity contribution is 0.0536. The Morgan fingerprint density at radius 2 is 1.79 bits per heavy atom. The Labute approximate surface area is 88.9 Å². The highest BCUT2D eigenvalue weighted by atomic mass is 16.3. The topological polar surface area (TPSA) is 20.2 Å². The second kappa shape index (κ2) is 5.75. The van der Waals surface area contributed by atoms with E-state index in [1.807, 2.05) is 0 Å². The summed E-state index contributed by atoms with van der Waals surface area (Å²) < 4.78 is 0. The molecule has 0 heterocycles. The predicted molar refractivity (Wildman–Crippen MR) is 61.3 cm³/mol. The highest BCUT2D eigenvalue weighted by Crippen LogP contribution is 2.43. The summed E-state index contributed by atoms with van der Waals surface area (Å²) in [6.07, 6.45) is 10.4. The molecule has 0 aromatic heterocycles. The second-order valence-corrected chi connectivity index (χ2v) is 5.14. The molecule has 0 aromatic carbocycles. The van der Waals surface area contributed by atoms with Gasteiger partial charge in [0.1, 0.15) is 0 Å². The van der Waals surface area contributed by atoms with Crippen LogP contribution < -0.4 is 0 Å². The zero-order valence-electron chi connectivity index (χ0n) is 9.89. The van der Waals surface area contributed by atoms with Gasteiger partial charge in [0.05, 0.1) is 0 Å². The molecule has 14 heavy (non-hydrogen) atoms. The van der Waals surface area contributed by atoms with Crippen LogP contribution in [0.2, 0.25) is 0 Å². The molecule has 1 fully saturated rings. The van der Waals surface area contributed by atoms with Crippen molar-refractivity contribution in [3.8, 4) is 0 Å². The van der Waals surface area contributed by atoms with Crippen LogP contribution in [-0.4, -0.2) is 11.7 Å². The normalized spacial score (nSPS) is 33.2. The molecule has 1 rings (SSSR count). The van der Waals surface area contributed by atoms with Crippen LogP contribution in [0.3, 0.4) is 0 Å². The first-order valence-electron chi connectivity index (χ1n) is 6.37. The summed E-state index contributed by atoms with van der Waals surface area (Å²) in [7, 11) is 0. The van der Waals surface area contributed by atoms with Crippen molar-refractivity contribution in [3.05, 3.63) is 0 Å². The molecule has 1 saturated carbocycles. The van der Waals surface area contributed by atoms with Crippen molar-refractivity contribution in [3.63, 3.8) is 0 Å². The largest absolute Gasteiger partial charge is 0.396 e. The van der Waals surface area contributed by atoms with Gasteiger partial charge < -0.3 is 5.11 Å². The van der Waals surface area contributed by atoms with Crippen LogP contribution in [0.4, 0.5) is 0 Å². The van der Waals surface area contributed by atoms with E-state index in [4.69, 9.17) is 0 Å².